The second kappa shape index (κ2) is 3.49. The van der Waals surface area contributed by atoms with Gasteiger partial charge in [-0.3, -0.25) is 9.00 Å². The van der Waals surface area contributed by atoms with Crippen molar-refractivity contribution in [3.63, 3.8) is 0 Å². The SMILES string of the molecule is O=C(Cl)C1CCS(=O)CC1. The molecule has 1 aliphatic heterocycles. The average molecular weight is 181 g/mol. The lowest BCUT2D eigenvalue weighted by molar-refractivity contribution is -0.115. The smallest absolute Gasteiger partial charge is 0.224 e. The van der Waals surface area contributed by atoms with Crippen molar-refractivity contribution in [2.45, 2.75) is 12.8 Å². The molecule has 1 heterocycles. The molecular formula is C6H9ClO2S. The van der Waals surface area contributed by atoms with Crippen molar-refractivity contribution in [2.24, 2.45) is 5.92 Å². The largest absolute Gasteiger partial charge is 0.281 e. The zero-order valence-electron chi connectivity index (χ0n) is 5.51. The van der Waals surface area contributed by atoms with Crippen LogP contribution in [-0.2, 0) is 15.6 Å². The van der Waals surface area contributed by atoms with E-state index in [1.165, 1.54) is 0 Å². The first-order valence-corrected chi connectivity index (χ1v) is 5.11. The van der Waals surface area contributed by atoms with Crippen molar-refractivity contribution in [3.05, 3.63) is 0 Å². The Bertz CT molecular complexity index is 159. The molecule has 58 valence electrons. The van der Waals surface area contributed by atoms with E-state index in [1.807, 2.05) is 0 Å². The highest BCUT2D eigenvalue weighted by molar-refractivity contribution is 7.85. The number of carbonyl (C=O) groups is 1. The molecular weight excluding hydrogens is 172 g/mol. The van der Waals surface area contributed by atoms with Crippen LogP contribution in [0.1, 0.15) is 12.8 Å². The van der Waals surface area contributed by atoms with Crippen molar-refractivity contribution < 1.29 is 9.00 Å². The van der Waals surface area contributed by atoms with E-state index in [-0.39, 0.29) is 11.2 Å². The molecule has 1 rings (SSSR count). The molecule has 0 aromatic heterocycles. The number of rotatable bonds is 1. The molecule has 10 heavy (non-hydrogen) atoms. The summed E-state index contributed by atoms with van der Waals surface area (Å²) in [5.74, 6) is 1.26. The highest BCUT2D eigenvalue weighted by Gasteiger charge is 2.22. The monoisotopic (exact) mass is 180 g/mol. The zero-order chi connectivity index (χ0) is 7.56. The molecule has 0 aromatic carbocycles. The quantitative estimate of drug-likeness (QED) is 0.563. The van der Waals surface area contributed by atoms with Gasteiger partial charge in [0.1, 0.15) is 0 Å². The summed E-state index contributed by atoms with van der Waals surface area (Å²) in [4.78, 5) is 10.6. The van der Waals surface area contributed by atoms with Gasteiger partial charge in [0.2, 0.25) is 5.24 Å². The molecule has 0 N–H and O–H groups in total. The summed E-state index contributed by atoms with van der Waals surface area (Å²) in [6, 6.07) is 0. The summed E-state index contributed by atoms with van der Waals surface area (Å²) in [5, 5.41) is -0.267. The van der Waals surface area contributed by atoms with Crippen molar-refractivity contribution in [2.75, 3.05) is 11.5 Å². The molecule has 1 saturated heterocycles. The third kappa shape index (κ3) is 2.06. The Morgan fingerprint density at radius 2 is 1.90 bits per heavy atom. The van der Waals surface area contributed by atoms with Crippen molar-refractivity contribution >= 4 is 27.6 Å². The fraction of sp³-hybridized carbons (Fsp3) is 0.833. The first kappa shape index (κ1) is 8.21. The van der Waals surface area contributed by atoms with Crippen LogP contribution in [0.15, 0.2) is 0 Å². The maximum atomic E-state index is 10.8. The van der Waals surface area contributed by atoms with Crippen molar-refractivity contribution in [3.8, 4) is 0 Å². The van der Waals surface area contributed by atoms with E-state index in [9.17, 15) is 9.00 Å². The van der Waals surface area contributed by atoms with Gasteiger partial charge in [0, 0.05) is 28.2 Å². The van der Waals surface area contributed by atoms with Gasteiger partial charge in [0.15, 0.2) is 0 Å². The molecule has 0 bridgehead atoms. The fourth-order valence-corrected chi connectivity index (χ4v) is 2.54. The molecule has 1 fully saturated rings. The van der Waals surface area contributed by atoms with Crippen LogP contribution in [0, 0.1) is 5.92 Å². The molecule has 0 aliphatic carbocycles. The van der Waals surface area contributed by atoms with Crippen LogP contribution < -0.4 is 0 Å². The Kier molecular flexibility index (Phi) is 2.86. The highest BCUT2D eigenvalue weighted by atomic mass is 35.5. The van der Waals surface area contributed by atoms with Gasteiger partial charge in [-0.15, -0.1) is 0 Å². The first-order chi connectivity index (χ1) is 4.70. The third-order valence-electron chi connectivity index (χ3n) is 1.71. The molecule has 2 nitrogen and oxygen atoms in total. The van der Waals surface area contributed by atoms with E-state index in [1.54, 1.807) is 0 Å². The van der Waals surface area contributed by atoms with Crippen molar-refractivity contribution in [1.82, 2.24) is 0 Å². The van der Waals surface area contributed by atoms with Crippen LogP contribution in [0.4, 0.5) is 0 Å². The Labute approximate surface area is 67.4 Å². The van der Waals surface area contributed by atoms with Gasteiger partial charge in [-0.1, -0.05) is 0 Å². The predicted molar refractivity (Wildman–Crippen MR) is 41.5 cm³/mol. The minimum atomic E-state index is -0.688. The summed E-state index contributed by atoms with van der Waals surface area (Å²) in [6.07, 6.45) is 1.41. The van der Waals surface area contributed by atoms with Gasteiger partial charge in [0.05, 0.1) is 0 Å². The molecule has 0 radical (unpaired) electrons. The summed E-state index contributed by atoms with van der Waals surface area (Å²) >= 11 is 5.27. The van der Waals surface area contributed by atoms with Crippen LogP contribution in [0.25, 0.3) is 0 Å². The van der Waals surface area contributed by atoms with E-state index in [2.05, 4.69) is 0 Å². The van der Waals surface area contributed by atoms with Crippen LogP contribution in [-0.4, -0.2) is 21.0 Å². The van der Waals surface area contributed by atoms with Gasteiger partial charge in [-0.05, 0) is 24.4 Å². The minimum Gasteiger partial charge on any atom is -0.281 e. The summed E-state index contributed by atoms with van der Waals surface area (Å²) in [5.41, 5.74) is 0. The molecule has 0 unspecified atom stereocenters. The fourth-order valence-electron chi connectivity index (χ4n) is 1.02. The highest BCUT2D eigenvalue weighted by Crippen LogP contribution is 2.18. The lowest BCUT2D eigenvalue weighted by atomic mass is 10.1. The van der Waals surface area contributed by atoms with Crippen LogP contribution in [0.5, 0.6) is 0 Å². The second-order valence-electron chi connectivity index (χ2n) is 2.43. The van der Waals surface area contributed by atoms with E-state index >= 15 is 0 Å². The lowest BCUT2D eigenvalue weighted by Crippen LogP contribution is -2.22. The number of halogens is 1. The maximum absolute atomic E-state index is 10.8. The molecule has 1 aliphatic rings. The van der Waals surface area contributed by atoms with Gasteiger partial charge < -0.3 is 0 Å². The van der Waals surface area contributed by atoms with Gasteiger partial charge in [-0.2, -0.15) is 0 Å². The van der Waals surface area contributed by atoms with E-state index in [0.717, 1.165) is 0 Å². The zero-order valence-corrected chi connectivity index (χ0v) is 7.08. The van der Waals surface area contributed by atoms with E-state index in [4.69, 9.17) is 11.6 Å². The lowest BCUT2D eigenvalue weighted by Gasteiger charge is -2.16. The number of carbonyl (C=O) groups excluding carboxylic acids is 1. The Balaban J connectivity index is 2.40. The topological polar surface area (TPSA) is 34.1 Å². The van der Waals surface area contributed by atoms with Crippen molar-refractivity contribution in [1.29, 1.82) is 0 Å². The van der Waals surface area contributed by atoms with Crippen LogP contribution in [0.3, 0.4) is 0 Å². The molecule has 0 spiro atoms. The Morgan fingerprint density at radius 3 is 2.30 bits per heavy atom. The first-order valence-electron chi connectivity index (χ1n) is 3.24. The molecule has 4 heteroatoms. The summed E-state index contributed by atoms with van der Waals surface area (Å²) in [7, 11) is -0.688. The molecule has 0 saturated carbocycles. The molecule has 0 atom stereocenters. The van der Waals surface area contributed by atoms with Gasteiger partial charge in [0.25, 0.3) is 0 Å². The van der Waals surface area contributed by atoms with Gasteiger partial charge >= 0.3 is 0 Å². The summed E-state index contributed by atoms with van der Waals surface area (Å²) in [6.45, 7) is 0. The number of hydrogen-bond acceptors (Lipinski definition) is 2. The molecule has 0 aromatic rings. The molecule has 0 amide bonds. The Hall–Kier alpha value is 0.110. The Morgan fingerprint density at radius 1 is 1.40 bits per heavy atom. The van der Waals surface area contributed by atoms with E-state index < -0.39 is 10.8 Å². The maximum Gasteiger partial charge on any atom is 0.224 e. The average Bonchev–Trinajstić information content (AvgIpc) is 1.88. The minimum absolute atomic E-state index is 0.0284. The van der Waals surface area contributed by atoms with Crippen LogP contribution >= 0.6 is 11.6 Å². The second-order valence-corrected chi connectivity index (χ2v) is 4.50. The number of hydrogen-bond donors (Lipinski definition) is 0. The summed E-state index contributed by atoms with van der Waals surface area (Å²) < 4.78 is 10.8. The normalized spacial score (nSPS) is 33.7. The third-order valence-corrected chi connectivity index (χ3v) is 3.40. The predicted octanol–water partition coefficient (Wildman–Crippen LogP) is 0.911. The van der Waals surface area contributed by atoms with E-state index in [0.29, 0.717) is 24.3 Å². The standard InChI is InChI=1S/C6H9ClO2S/c7-6(8)5-1-3-10(9)4-2-5/h5H,1-4H2. The van der Waals surface area contributed by atoms with Crippen LogP contribution in [0.2, 0.25) is 0 Å². The van der Waals surface area contributed by atoms with Gasteiger partial charge in [-0.25, -0.2) is 0 Å².